The van der Waals surface area contributed by atoms with Gasteiger partial charge in [-0.15, -0.1) is 5.10 Å². The van der Waals surface area contributed by atoms with Crippen LogP contribution < -0.4 is 0 Å². The molecule has 0 radical (unpaired) electrons. The van der Waals surface area contributed by atoms with Gasteiger partial charge in [0.25, 0.3) is 0 Å². The molecule has 22 heavy (non-hydrogen) atoms. The number of carbonyl (C=O) groups is 1. The first-order valence-electron chi connectivity index (χ1n) is 7.06. The van der Waals surface area contributed by atoms with Crippen molar-refractivity contribution in [1.29, 1.82) is 0 Å². The normalized spacial score (nSPS) is 10.8. The number of nitrogens with zero attached hydrogens (tertiary/aromatic N) is 5. The van der Waals surface area contributed by atoms with Gasteiger partial charge < -0.3 is 4.74 Å². The maximum Gasteiger partial charge on any atom is 0.357 e. The summed E-state index contributed by atoms with van der Waals surface area (Å²) in [6.45, 7) is 2.74. The maximum absolute atomic E-state index is 12.1. The van der Waals surface area contributed by atoms with Crippen LogP contribution >= 0.6 is 0 Å². The molecule has 0 amide bonds. The summed E-state index contributed by atoms with van der Waals surface area (Å²) >= 11 is 0. The minimum absolute atomic E-state index is 0.0281. The third-order valence-electron chi connectivity index (χ3n) is 3.18. The highest BCUT2D eigenvalue weighted by Crippen LogP contribution is 2.12. The van der Waals surface area contributed by atoms with Crippen molar-refractivity contribution in [3.63, 3.8) is 0 Å². The van der Waals surface area contributed by atoms with E-state index in [1.54, 1.807) is 10.7 Å². The number of benzene rings is 1. The number of rotatable bonds is 5. The largest absolute Gasteiger partial charge is 0.453 e. The third kappa shape index (κ3) is 2.93. The lowest BCUT2D eigenvalue weighted by Gasteiger charge is -2.05. The Morgan fingerprint density at radius 2 is 2.09 bits per heavy atom. The Balaban J connectivity index is 1.71. The van der Waals surface area contributed by atoms with Crippen LogP contribution in [0.25, 0.3) is 10.9 Å². The van der Waals surface area contributed by atoms with E-state index in [2.05, 4.69) is 20.5 Å². The van der Waals surface area contributed by atoms with Crippen LogP contribution in [0.1, 0.15) is 29.7 Å². The lowest BCUT2D eigenvalue weighted by atomic mass is 10.2. The van der Waals surface area contributed by atoms with Gasteiger partial charge in [0.15, 0.2) is 12.4 Å². The summed E-state index contributed by atoms with van der Waals surface area (Å²) in [6.07, 6.45) is 0.901. The van der Waals surface area contributed by atoms with Gasteiger partial charge in [0.1, 0.15) is 5.69 Å². The van der Waals surface area contributed by atoms with Gasteiger partial charge in [0.05, 0.1) is 5.52 Å². The van der Waals surface area contributed by atoms with E-state index in [9.17, 15) is 4.79 Å². The van der Waals surface area contributed by atoms with E-state index in [-0.39, 0.29) is 12.3 Å². The second kappa shape index (κ2) is 6.30. The van der Waals surface area contributed by atoms with E-state index in [0.717, 1.165) is 17.3 Å². The van der Waals surface area contributed by atoms with Crippen molar-refractivity contribution in [2.45, 2.75) is 26.5 Å². The first kappa shape index (κ1) is 14.1. The van der Waals surface area contributed by atoms with E-state index in [0.29, 0.717) is 12.4 Å². The first-order chi connectivity index (χ1) is 10.8. The number of para-hydroxylation sites is 1. The molecule has 0 aliphatic rings. The molecule has 0 atom stereocenters. The number of esters is 1. The molecule has 1 aromatic carbocycles. The maximum atomic E-state index is 12.1. The molecule has 7 nitrogen and oxygen atoms in total. The average Bonchev–Trinajstić information content (AvgIpc) is 3.00. The highest BCUT2D eigenvalue weighted by molar-refractivity contribution is 5.90. The molecule has 2 aromatic heterocycles. The molecule has 3 aromatic rings. The zero-order valence-corrected chi connectivity index (χ0v) is 12.1. The molecule has 112 valence electrons. The molecule has 0 unspecified atom stereocenters. The Morgan fingerprint density at radius 1 is 1.23 bits per heavy atom. The summed E-state index contributed by atoms with van der Waals surface area (Å²) < 4.78 is 6.87. The van der Waals surface area contributed by atoms with Crippen molar-refractivity contribution in [3.05, 3.63) is 47.9 Å². The monoisotopic (exact) mass is 297 g/mol. The van der Waals surface area contributed by atoms with Crippen LogP contribution in [-0.4, -0.2) is 31.2 Å². The summed E-state index contributed by atoms with van der Waals surface area (Å²) in [6, 6.07) is 11.1. The summed E-state index contributed by atoms with van der Waals surface area (Å²) in [5.41, 5.74) is 1.03. The number of hydrogen-bond acceptors (Lipinski definition) is 6. The zero-order valence-electron chi connectivity index (χ0n) is 12.1. The molecule has 0 saturated heterocycles. The molecule has 2 heterocycles. The van der Waals surface area contributed by atoms with Gasteiger partial charge in [0, 0.05) is 11.9 Å². The molecule has 0 N–H and O–H groups in total. The van der Waals surface area contributed by atoms with Gasteiger partial charge in [-0.05, 0) is 29.0 Å². The van der Waals surface area contributed by atoms with E-state index >= 15 is 0 Å². The molecule has 7 heteroatoms. The summed E-state index contributed by atoms with van der Waals surface area (Å²) in [5.74, 6) is 0.0350. The van der Waals surface area contributed by atoms with Gasteiger partial charge in [-0.3, -0.25) is 0 Å². The average molecular weight is 297 g/mol. The number of aryl methyl sites for hydroxylation is 1. The molecule has 0 aliphatic heterocycles. The number of ether oxygens (including phenoxy) is 1. The third-order valence-corrected chi connectivity index (χ3v) is 3.18. The smallest absolute Gasteiger partial charge is 0.357 e. The van der Waals surface area contributed by atoms with Crippen LogP contribution in [0.3, 0.4) is 0 Å². The quantitative estimate of drug-likeness (QED) is 0.670. The fraction of sp³-hybridized carbons (Fsp3) is 0.267. The summed E-state index contributed by atoms with van der Waals surface area (Å²) in [5, 5.41) is 12.3. The predicted molar refractivity (Wildman–Crippen MR) is 79.0 cm³/mol. The van der Waals surface area contributed by atoms with Gasteiger partial charge in [-0.2, -0.15) is 0 Å². The topological polar surface area (TPSA) is 82.8 Å². The molecule has 0 fully saturated rings. The van der Waals surface area contributed by atoms with Crippen molar-refractivity contribution in [2.24, 2.45) is 0 Å². The van der Waals surface area contributed by atoms with E-state index in [1.807, 2.05) is 37.3 Å². The Labute approximate surface area is 126 Å². The second-order valence-electron chi connectivity index (χ2n) is 4.78. The van der Waals surface area contributed by atoms with Crippen molar-refractivity contribution in [2.75, 3.05) is 0 Å². The van der Waals surface area contributed by atoms with Gasteiger partial charge in [-0.25, -0.2) is 14.5 Å². The SMILES string of the molecule is CCCn1nnnc1COC(=O)c1ccc2ccccc2n1. The number of carbonyl (C=O) groups excluding carboxylic acids is 1. The number of aromatic nitrogens is 5. The number of fused-ring (bicyclic) bond motifs is 1. The zero-order chi connectivity index (χ0) is 15.4. The minimum atomic E-state index is -0.489. The fourth-order valence-corrected chi connectivity index (χ4v) is 2.10. The highest BCUT2D eigenvalue weighted by atomic mass is 16.5. The molecular weight excluding hydrogens is 282 g/mol. The van der Waals surface area contributed by atoms with E-state index in [1.165, 1.54) is 0 Å². The van der Waals surface area contributed by atoms with Gasteiger partial charge in [-0.1, -0.05) is 31.2 Å². The second-order valence-corrected chi connectivity index (χ2v) is 4.78. The lowest BCUT2D eigenvalue weighted by molar-refractivity contribution is 0.0450. The van der Waals surface area contributed by atoms with Gasteiger partial charge >= 0.3 is 5.97 Å². The molecule has 3 rings (SSSR count). The van der Waals surface area contributed by atoms with Crippen LogP contribution in [0, 0.1) is 0 Å². The molecular formula is C15H15N5O2. The van der Waals surface area contributed by atoms with Crippen molar-refractivity contribution in [1.82, 2.24) is 25.2 Å². The van der Waals surface area contributed by atoms with Crippen LogP contribution in [0.15, 0.2) is 36.4 Å². The standard InChI is InChI=1S/C15H15N5O2/c1-2-9-20-14(17-18-19-20)10-22-15(21)13-8-7-11-5-3-4-6-12(11)16-13/h3-8H,2,9-10H2,1H3. The van der Waals surface area contributed by atoms with Crippen LogP contribution in [0.2, 0.25) is 0 Å². The molecule has 0 bridgehead atoms. The number of pyridine rings is 1. The Hall–Kier alpha value is -2.83. The van der Waals surface area contributed by atoms with Gasteiger partial charge in [0.2, 0.25) is 0 Å². The summed E-state index contributed by atoms with van der Waals surface area (Å²) in [4.78, 5) is 16.4. The van der Waals surface area contributed by atoms with Crippen molar-refractivity contribution < 1.29 is 9.53 Å². The van der Waals surface area contributed by atoms with Crippen LogP contribution in [0.5, 0.6) is 0 Å². The van der Waals surface area contributed by atoms with Crippen molar-refractivity contribution in [3.8, 4) is 0 Å². The first-order valence-corrected chi connectivity index (χ1v) is 7.06. The van der Waals surface area contributed by atoms with Crippen molar-refractivity contribution >= 4 is 16.9 Å². The predicted octanol–water partition coefficient (Wildman–Crippen LogP) is 1.99. The number of tetrazole rings is 1. The Kier molecular flexibility index (Phi) is 4.04. The summed E-state index contributed by atoms with van der Waals surface area (Å²) in [7, 11) is 0. The Morgan fingerprint density at radius 3 is 2.95 bits per heavy atom. The van der Waals surface area contributed by atoms with Crippen LogP contribution in [-0.2, 0) is 17.9 Å². The minimum Gasteiger partial charge on any atom is -0.453 e. The van der Waals surface area contributed by atoms with Crippen LogP contribution in [0.4, 0.5) is 0 Å². The molecule has 0 aliphatic carbocycles. The highest BCUT2D eigenvalue weighted by Gasteiger charge is 2.13. The van der Waals surface area contributed by atoms with E-state index < -0.39 is 5.97 Å². The molecule has 0 saturated carbocycles. The Bertz CT molecular complexity index is 799. The molecule has 0 spiro atoms. The lowest BCUT2D eigenvalue weighted by Crippen LogP contribution is -2.12. The fourth-order valence-electron chi connectivity index (χ4n) is 2.10. The number of hydrogen-bond donors (Lipinski definition) is 0. The van der Waals surface area contributed by atoms with E-state index in [4.69, 9.17) is 4.74 Å².